The van der Waals surface area contributed by atoms with Gasteiger partial charge in [-0.05, 0) is 89.9 Å². The minimum absolute atomic E-state index is 0.0250. The van der Waals surface area contributed by atoms with Crippen LogP contribution in [0.5, 0.6) is 0 Å². The molecule has 45 heavy (non-hydrogen) atoms. The molecule has 0 aliphatic carbocycles. The lowest BCUT2D eigenvalue weighted by molar-refractivity contribution is -0.251. The van der Waals surface area contributed by atoms with Crippen LogP contribution in [0, 0.1) is 29.6 Å². The molecule has 0 saturated carbocycles. The zero-order chi connectivity index (χ0) is 34.1. The molecule has 2 aliphatic rings. The number of hydrogen-bond acceptors (Lipinski definition) is 6. The molecule has 2 fully saturated rings. The van der Waals surface area contributed by atoms with Crippen LogP contribution in [0.25, 0.3) is 0 Å². The molecule has 0 aromatic heterocycles. The van der Waals surface area contributed by atoms with Crippen molar-refractivity contribution in [3.05, 3.63) is 12.2 Å². The van der Waals surface area contributed by atoms with Gasteiger partial charge in [0.2, 0.25) is 11.8 Å². The summed E-state index contributed by atoms with van der Waals surface area (Å²) in [4.78, 5) is 55.8. The van der Waals surface area contributed by atoms with Crippen molar-refractivity contribution >= 4 is 23.4 Å². The quantitative estimate of drug-likeness (QED) is 0.165. The summed E-state index contributed by atoms with van der Waals surface area (Å²) in [6.07, 6.45) is 10.9. The van der Waals surface area contributed by atoms with E-state index in [0.29, 0.717) is 50.5 Å². The van der Waals surface area contributed by atoms with Gasteiger partial charge in [-0.2, -0.15) is 5.06 Å². The lowest BCUT2D eigenvalue weighted by Crippen LogP contribution is -2.59. The van der Waals surface area contributed by atoms with E-state index in [1.807, 2.05) is 47.6 Å². The van der Waals surface area contributed by atoms with E-state index in [0.717, 1.165) is 25.7 Å². The van der Waals surface area contributed by atoms with Gasteiger partial charge in [0.05, 0.1) is 12.1 Å². The highest BCUT2D eigenvalue weighted by Gasteiger charge is 2.46. The van der Waals surface area contributed by atoms with E-state index in [-0.39, 0.29) is 48.1 Å². The minimum atomic E-state index is -0.596. The number of allylic oxidation sites excluding steroid dienone is 1. The summed E-state index contributed by atoms with van der Waals surface area (Å²) in [6.45, 7) is 21.0. The molecule has 0 spiro atoms. The second-order valence-electron chi connectivity index (χ2n) is 16.1. The molecule has 0 unspecified atom stereocenters. The van der Waals surface area contributed by atoms with E-state index < -0.39 is 29.1 Å². The van der Waals surface area contributed by atoms with Crippen LogP contribution in [0.2, 0.25) is 0 Å². The molecule has 0 bridgehead atoms. The molecule has 4 atom stereocenters. The van der Waals surface area contributed by atoms with Gasteiger partial charge >= 0.3 is 0 Å². The fourth-order valence-electron chi connectivity index (χ4n) is 7.77. The van der Waals surface area contributed by atoms with E-state index in [1.54, 1.807) is 4.90 Å². The van der Waals surface area contributed by atoms with Crippen LogP contribution < -0.4 is 5.32 Å². The Bertz CT molecular complexity index is 1020. The maximum atomic E-state index is 13.7. The van der Waals surface area contributed by atoms with Gasteiger partial charge < -0.3 is 15.4 Å². The Balaban J connectivity index is 2.07. The van der Waals surface area contributed by atoms with Crippen LogP contribution in [0.4, 0.5) is 0 Å². The van der Waals surface area contributed by atoms with Crippen molar-refractivity contribution in [2.75, 3.05) is 6.54 Å². The Morgan fingerprint density at radius 3 is 2.18 bits per heavy atom. The largest absolute Gasteiger partial charge is 0.346 e. The number of carbonyl (C=O) groups excluding carboxylic acids is 4. The Labute approximate surface area is 274 Å². The van der Waals surface area contributed by atoms with Gasteiger partial charge in [-0.25, -0.2) is 0 Å². The summed E-state index contributed by atoms with van der Waals surface area (Å²) in [5, 5.41) is 15.2. The van der Waals surface area contributed by atoms with E-state index >= 15 is 0 Å². The summed E-state index contributed by atoms with van der Waals surface area (Å²) in [5.74, 6) is 0.108. The summed E-state index contributed by atoms with van der Waals surface area (Å²) < 4.78 is 0. The van der Waals surface area contributed by atoms with E-state index in [9.17, 15) is 24.4 Å². The van der Waals surface area contributed by atoms with Gasteiger partial charge in [0.1, 0.15) is 0 Å². The third kappa shape index (κ3) is 11.6. The summed E-state index contributed by atoms with van der Waals surface area (Å²) in [7, 11) is 0. The van der Waals surface area contributed by atoms with Crippen molar-refractivity contribution in [1.82, 2.24) is 15.3 Å². The average Bonchev–Trinajstić information content (AvgIpc) is 3.41. The van der Waals surface area contributed by atoms with Gasteiger partial charge in [-0.15, -0.1) is 0 Å². The molecule has 2 heterocycles. The molecule has 8 nitrogen and oxygen atoms in total. The van der Waals surface area contributed by atoms with Crippen LogP contribution in [0.3, 0.4) is 0 Å². The molecule has 8 heteroatoms. The smallest absolute Gasteiger partial charge is 0.226 e. The summed E-state index contributed by atoms with van der Waals surface area (Å²) in [6, 6.07) is -1.09. The van der Waals surface area contributed by atoms with Crippen molar-refractivity contribution in [2.45, 2.75) is 163 Å². The number of hydroxylamine groups is 2. The molecule has 2 N–H and O–H groups in total. The Hall–Kier alpha value is -2.06. The monoisotopic (exact) mass is 631 g/mol. The second kappa shape index (κ2) is 17.2. The van der Waals surface area contributed by atoms with Crippen molar-refractivity contribution in [3.63, 3.8) is 0 Å². The van der Waals surface area contributed by atoms with Crippen LogP contribution >= 0.6 is 0 Å². The van der Waals surface area contributed by atoms with Gasteiger partial charge in [0.25, 0.3) is 0 Å². The predicted molar refractivity (Wildman–Crippen MR) is 181 cm³/mol. The van der Waals surface area contributed by atoms with Crippen molar-refractivity contribution in [1.29, 1.82) is 0 Å². The van der Waals surface area contributed by atoms with E-state index in [4.69, 9.17) is 0 Å². The maximum Gasteiger partial charge on any atom is 0.226 e. The first-order chi connectivity index (χ1) is 20.9. The van der Waals surface area contributed by atoms with Crippen molar-refractivity contribution in [2.24, 2.45) is 29.6 Å². The van der Waals surface area contributed by atoms with Gasteiger partial charge in [0, 0.05) is 42.8 Å². The number of piperidine rings is 1. The number of carbonyl (C=O) groups is 4. The lowest BCUT2D eigenvalue weighted by Gasteiger charge is -2.51. The van der Waals surface area contributed by atoms with Crippen LogP contribution in [0.15, 0.2) is 12.2 Å². The number of nitrogens with zero attached hydrogens (tertiary/aromatic N) is 2. The van der Waals surface area contributed by atoms with Crippen LogP contribution in [0.1, 0.15) is 140 Å². The van der Waals surface area contributed by atoms with Crippen LogP contribution in [-0.4, -0.2) is 68.3 Å². The fraction of sp³-hybridized carbons (Fsp3) is 0.838. The zero-order valence-corrected chi connectivity index (χ0v) is 30.2. The number of nitrogens with one attached hydrogen (secondary N) is 1. The first kappa shape index (κ1) is 39.1. The summed E-state index contributed by atoms with van der Waals surface area (Å²) >= 11 is 0. The maximum absolute atomic E-state index is 13.7. The average molecular weight is 632 g/mol. The lowest BCUT2D eigenvalue weighted by atomic mass is 9.73. The molecule has 258 valence electrons. The van der Waals surface area contributed by atoms with Gasteiger partial charge in [-0.1, -0.05) is 66.5 Å². The molecule has 2 aliphatic heterocycles. The van der Waals surface area contributed by atoms with Crippen molar-refractivity contribution in [3.8, 4) is 0 Å². The van der Waals surface area contributed by atoms with Gasteiger partial charge in [-0.3, -0.25) is 19.2 Å². The highest BCUT2D eigenvalue weighted by atomic mass is 16.5. The third-order valence-electron chi connectivity index (χ3n) is 9.87. The van der Waals surface area contributed by atoms with E-state index in [2.05, 4.69) is 39.1 Å². The first-order valence-corrected chi connectivity index (χ1v) is 17.7. The molecular weight excluding hydrogens is 566 g/mol. The molecular formula is C37H65N3O5. The topological polar surface area (TPSA) is 107 Å². The molecule has 2 amide bonds. The van der Waals surface area contributed by atoms with Crippen LogP contribution in [-0.2, 0) is 19.2 Å². The van der Waals surface area contributed by atoms with E-state index in [1.165, 1.54) is 5.06 Å². The standard InChI is InChI=1S/C37H65N3O5/c1-11-12-16-30(32(41)21-28-23-36(7,8)40(45)37(9,10)24-28)38-35(44)29(26(4)5)22-33(42)31-17-14-19-39(31)34(43)18-13-15-27(6)20-25(2)3/h13,15,25-31,45H,11-12,14,16-24H2,1-10H3,(H,38,44)/b15-13+/t27-,29+,30+,31+/m1/s1. The Kier molecular flexibility index (Phi) is 14.9. The number of rotatable bonds is 17. The molecule has 2 rings (SSSR count). The minimum Gasteiger partial charge on any atom is -0.346 e. The molecule has 0 aromatic carbocycles. The number of Topliss-reactive ketones (excluding diaryl/α,β-unsaturated/α-hetero) is 2. The Morgan fingerprint density at radius 1 is 1.00 bits per heavy atom. The number of likely N-dealkylation sites (tertiary alicyclic amines) is 1. The fourth-order valence-corrected chi connectivity index (χ4v) is 7.77. The summed E-state index contributed by atoms with van der Waals surface area (Å²) in [5.41, 5.74) is -0.897. The second-order valence-corrected chi connectivity index (χ2v) is 16.1. The molecule has 0 aromatic rings. The SMILES string of the molecule is CCCC[C@H](NC(=O)[C@@H](CC(=O)[C@@H]1CCCN1C(=O)C/C=C/[C@@H](C)CC(C)C)C(C)C)C(=O)CC1CC(C)(C)N(O)C(C)(C)C1. The highest BCUT2D eigenvalue weighted by molar-refractivity contribution is 5.95. The third-order valence-corrected chi connectivity index (χ3v) is 9.87. The first-order valence-electron chi connectivity index (χ1n) is 17.7. The number of ketones is 2. The zero-order valence-electron chi connectivity index (χ0n) is 30.2. The number of hydrogen-bond donors (Lipinski definition) is 2. The Morgan fingerprint density at radius 2 is 1.62 bits per heavy atom. The van der Waals surface area contributed by atoms with Crippen molar-refractivity contribution < 1.29 is 24.4 Å². The highest BCUT2D eigenvalue weighted by Crippen LogP contribution is 2.41. The normalized spacial score (nSPS) is 22.6. The molecule has 2 saturated heterocycles. The number of amides is 2. The predicted octanol–water partition coefficient (Wildman–Crippen LogP) is 7.13. The number of unbranched alkanes of at least 4 members (excludes halogenated alkanes) is 1. The van der Waals surface area contributed by atoms with Gasteiger partial charge in [0.15, 0.2) is 11.6 Å². The molecule has 0 radical (unpaired) electrons.